The van der Waals surface area contributed by atoms with E-state index in [1.807, 2.05) is 30.4 Å². The summed E-state index contributed by atoms with van der Waals surface area (Å²) in [7, 11) is 0. The molecule has 0 heterocycles. The van der Waals surface area contributed by atoms with Crippen molar-refractivity contribution >= 4 is 45.5 Å². The molecule has 5 nitrogen and oxygen atoms in total. The Morgan fingerprint density at radius 2 is 1.05 bits per heavy atom. The summed E-state index contributed by atoms with van der Waals surface area (Å²) in [5.74, 6) is 1.69. The van der Waals surface area contributed by atoms with Gasteiger partial charge in [0.15, 0.2) is 0 Å². The second-order valence-corrected chi connectivity index (χ2v) is 16.8. The Kier molecular flexibility index (Phi) is 12.5. The van der Waals surface area contributed by atoms with Crippen molar-refractivity contribution in [2.75, 3.05) is 15.1 Å². The largest absolute Gasteiger partial charge is 0.462 e. The topological polar surface area (TPSA) is 51.6 Å². The summed E-state index contributed by atoms with van der Waals surface area (Å²) in [6, 6.07) is 55.4. The number of benzene rings is 6. The third kappa shape index (κ3) is 9.87. The molecule has 2 N–H and O–H groups in total. The number of allylic oxidation sites excluding steroid dienone is 4. The van der Waals surface area contributed by atoms with Crippen molar-refractivity contribution in [2.24, 2.45) is 0 Å². The molecule has 0 saturated carbocycles. The van der Waals surface area contributed by atoms with E-state index in [4.69, 9.17) is 10.1 Å². The molecule has 0 spiro atoms. The van der Waals surface area contributed by atoms with Gasteiger partial charge in [0.05, 0.1) is 5.71 Å². The van der Waals surface area contributed by atoms with Crippen LogP contribution in [0.5, 0.6) is 5.75 Å². The Morgan fingerprint density at radius 3 is 1.51 bits per heavy atom. The normalized spacial score (nSPS) is 12.9. The molecule has 300 valence electrons. The summed E-state index contributed by atoms with van der Waals surface area (Å²) >= 11 is 0. The average molecular weight is 779 g/mol. The zero-order valence-corrected chi connectivity index (χ0v) is 35.5. The fraction of sp³-hybridized carbons (Fsp3) is 0.241. The third-order valence-electron chi connectivity index (χ3n) is 11.5. The van der Waals surface area contributed by atoms with Crippen LogP contribution < -0.4 is 19.9 Å². The molecule has 6 aromatic rings. The van der Waals surface area contributed by atoms with Crippen LogP contribution in [-0.2, 0) is 5.41 Å². The van der Waals surface area contributed by atoms with Crippen molar-refractivity contribution < 1.29 is 4.74 Å². The lowest BCUT2D eigenvalue weighted by Crippen LogP contribution is -2.30. The molecule has 0 radical (unpaired) electrons. The first-order valence-corrected chi connectivity index (χ1v) is 21.1. The maximum Gasteiger partial charge on any atom is 0.127 e. The van der Waals surface area contributed by atoms with E-state index in [1.54, 1.807) is 0 Å². The molecule has 59 heavy (non-hydrogen) atoms. The van der Waals surface area contributed by atoms with Crippen LogP contribution in [0.1, 0.15) is 84.8 Å². The fourth-order valence-corrected chi connectivity index (χ4v) is 7.78. The van der Waals surface area contributed by atoms with Crippen molar-refractivity contribution in [1.29, 1.82) is 5.41 Å². The average Bonchev–Trinajstić information content (AvgIpc) is 3.26. The molecule has 6 aromatic carbocycles. The van der Waals surface area contributed by atoms with Crippen molar-refractivity contribution in [3.63, 3.8) is 0 Å². The van der Waals surface area contributed by atoms with Gasteiger partial charge in [-0.25, -0.2) is 0 Å². The second-order valence-electron chi connectivity index (χ2n) is 16.8. The lowest BCUT2D eigenvalue weighted by Gasteiger charge is -2.29. The molecule has 0 aromatic heterocycles. The lowest BCUT2D eigenvalue weighted by molar-refractivity contribution is 0.402. The van der Waals surface area contributed by atoms with Gasteiger partial charge in [0.2, 0.25) is 0 Å². The van der Waals surface area contributed by atoms with Crippen LogP contribution >= 0.6 is 0 Å². The molecule has 1 aliphatic rings. The van der Waals surface area contributed by atoms with Gasteiger partial charge in [-0.05, 0) is 158 Å². The molecule has 0 saturated heterocycles. The minimum absolute atomic E-state index is 0.0326. The number of hydrogen-bond donors (Lipinski definition) is 2. The van der Waals surface area contributed by atoms with E-state index >= 15 is 0 Å². The molecule has 1 aliphatic carbocycles. The molecule has 0 aliphatic heterocycles. The first-order chi connectivity index (χ1) is 28.5. The van der Waals surface area contributed by atoms with Crippen LogP contribution in [-0.4, -0.2) is 11.3 Å². The van der Waals surface area contributed by atoms with Gasteiger partial charge in [-0.2, -0.15) is 0 Å². The number of hydrogen-bond acceptors (Lipinski definition) is 5. The summed E-state index contributed by atoms with van der Waals surface area (Å²) in [5.41, 5.74) is 11.6. The summed E-state index contributed by atoms with van der Waals surface area (Å²) in [4.78, 5) is 4.57. The highest BCUT2D eigenvalue weighted by atomic mass is 16.5. The van der Waals surface area contributed by atoms with E-state index in [-0.39, 0.29) is 11.0 Å². The Morgan fingerprint density at radius 1 is 0.576 bits per heavy atom. The molecule has 5 heteroatoms. The Hall–Kier alpha value is -6.33. The van der Waals surface area contributed by atoms with E-state index < -0.39 is 0 Å². The van der Waals surface area contributed by atoms with Crippen LogP contribution in [0.2, 0.25) is 0 Å². The second kappa shape index (κ2) is 18.1. The first-order valence-electron chi connectivity index (χ1n) is 21.1. The number of rotatable bonds is 16. The fourth-order valence-electron chi connectivity index (χ4n) is 7.78. The standard InChI is InChI=1S/C54H58N4O/c1-7-39-54(5,6)56-43-25-27-46(28-26-43)57(44-15-11-9-12-16-44)47-29-31-48(32-30-47)58(45-17-13-10-14-18-45)49-33-37-51(38-34-49)59-50-35-21-41(22-36-50)52(55)40-19-23-42(24-20-40)53(3,4)8-2/h9-21,23-35,37-38,55-56H,7-8,22,36,39H2,1-6H3. The Bertz CT molecular complexity index is 2360. The number of ether oxygens (including phenoxy) is 1. The van der Waals surface area contributed by atoms with E-state index in [1.165, 1.54) is 5.56 Å². The van der Waals surface area contributed by atoms with E-state index in [9.17, 15) is 0 Å². The van der Waals surface area contributed by atoms with Crippen LogP contribution in [0, 0.1) is 5.41 Å². The van der Waals surface area contributed by atoms with Gasteiger partial charge in [-0.1, -0.05) is 101 Å². The van der Waals surface area contributed by atoms with Gasteiger partial charge < -0.3 is 19.9 Å². The van der Waals surface area contributed by atoms with Gasteiger partial charge >= 0.3 is 0 Å². The molecule has 0 bridgehead atoms. The van der Waals surface area contributed by atoms with Crippen molar-refractivity contribution in [3.8, 4) is 5.75 Å². The Labute approximate surface area is 352 Å². The minimum atomic E-state index is 0.0326. The van der Waals surface area contributed by atoms with Crippen molar-refractivity contribution in [3.05, 3.63) is 192 Å². The summed E-state index contributed by atoms with van der Waals surface area (Å²) < 4.78 is 6.39. The molecule has 0 fully saturated rings. The molecule has 0 amide bonds. The summed E-state index contributed by atoms with van der Waals surface area (Å²) in [5, 5.41) is 12.6. The maximum atomic E-state index is 8.89. The number of nitrogens with one attached hydrogen (secondary N) is 2. The molecular formula is C54H58N4O. The smallest absolute Gasteiger partial charge is 0.127 e. The minimum Gasteiger partial charge on any atom is -0.462 e. The van der Waals surface area contributed by atoms with E-state index in [0.29, 0.717) is 5.71 Å². The predicted octanol–water partition coefficient (Wildman–Crippen LogP) is 15.4. The SMILES string of the molecule is CCCC(C)(C)Nc1ccc(N(c2ccccc2)c2ccc(N(c3ccccc3)c3ccc(OC4=CC=C(C(=N)c5ccc(C(C)(C)CC)cc5)CC4)cc3)cc2)cc1. The monoisotopic (exact) mass is 778 g/mol. The summed E-state index contributed by atoms with van der Waals surface area (Å²) in [6.07, 6.45) is 8.90. The van der Waals surface area contributed by atoms with Gasteiger partial charge in [0.1, 0.15) is 11.5 Å². The van der Waals surface area contributed by atoms with Crippen LogP contribution in [0.15, 0.2) is 181 Å². The van der Waals surface area contributed by atoms with Crippen LogP contribution in [0.3, 0.4) is 0 Å². The highest BCUT2D eigenvalue weighted by Crippen LogP contribution is 2.40. The first kappa shape index (κ1) is 40.9. The zero-order valence-electron chi connectivity index (χ0n) is 35.5. The van der Waals surface area contributed by atoms with Crippen LogP contribution in [0.25, 0.3) is 0 Å². The molecule has 0 unspecified atom stereocenters. The van der Waals surface area contributed by atoms with E-state index in [0.717, 1.165) is 94.6 Å². The van der Waals surface area contributed by atoms with Crippen LogP contribution in [0.4, 0.5) is 39.8 Å². The lowest BCUT2D eigenvalue weighted by atomic mass is 9.81. The zero-order chi connectivity index (χ0) is 41.4. The number of para-hydroxylation sites is 2. The number of nitrogens with zero attached hydrogens (tertiary/aromatic N) is 2. The maximum absolute atomic E-state index is 8.89. The highest BCUT2D eigenvalue weighted by molar-refractivity contribution is 6.10. The predicted molar refractivity (Wildman–Crippen MR) is 251 cm³/mol. The quantitative estimate of drug-likeness (QED) is 0.0961. The van der Waals surface area contributed by atoms with Gasteiger partial charge in [0.25, 0.3) is 0 Å². The third-order valence-corrected chi connectivity index (χ3v) is 11.5. The van der Waals surface area contributed by atoms with Gasteiger partial charge in [-0.15, -0.1) is 0 Å². The summed E-state index contributed by atoms with van der Waals surface area (Å²) in [6.45, 7) is 13.5. The number of anilines is 7. The molecular weight excluding hydrogens is 721 g/mol. The van der Waals surface area contributed by atoms with E-state index in [2.05, 4.69) is 196 Å². The Balaban J connectivity index is 1.09. The van der Waals surface area contributed by atoms with Gasteiger partial charge in [-0.3, -0.25) is 5.41 Å². The molecule has 7 rings (SSSR count). The molecule has 0 atom stereocenters. The van der Waals surface area contributed by atoms with Gasteiger partial charge in [0, 0.05) is 51.8 Å². The van der Waals surface area contributed by atoms with Crippen molar-refractivity contribution in [2.45, 2.75) is 84.6 Å². The van der Waals surface area contributed by atoms with Crippen molar-refractivity contribution in [1.82, 2.24) is 0 Å². The highest BCUT2D eigenvalue weighted by Gasteiger charge is 2.21.